The number of hydrogen-bond acceptors (Lipinski definition) is 4. The molecule has 0 saturated carbocycles. The SMILES string of the molecule is CN=C(NCCCOC1CCOCC1)NCc1ccc(COCC(F)(F)F)cc1.I. The van der Waals surface area contributed by atoms with Crippen molar-refractivity contribution in [3.8, 4) is 0 Å². The number of ether oxygens (including phenoxy) is 3. The van der Waals surface area contributed by atoms with E-state index in [1.807, 2.05) is 12.1 Å². The number of nitrogens with one attached hydrogen (secondary N) is 2. The van der Waals surface area contributed by atoms with Crippen molar-refractivity contribution in [3.05, 3.63) is 35.4 Å². The first-order valence-corrected chi connectivity index (χ1v) is 9.82. The molecule has 1 fully saturated rings. The first kappa shape index (κ1) is 26.9. The maximum absolute atomic E-state index is 12.1. The molecule has 0 spiro atoms. The van der Waals surface area contributed by atoms with Crippen LogP contribution in [0.3, 0.4) is 0 Å². The highest BCUT2D eigenvalue weighted by molar-refractivity contribution is 14.0. The summed E-state index contributed by atoms with van der Waals surface area (Å²) in [5.74, 6) is 0.689. The van der Waals surface area contributed by atoms with Gasteiger partial charge in [0.1, 0.15) is 6.61 Å². The van der Waals surface area contributed by atoms with Gasteiger partial charge >= 0.3 is 6.18 Å². The number of guanidine groups is 1. The minimum Gasteiger partial charge on any atom is -0.381 e. The molecule has 1 aromatic rings. The van der Waals surface area contributed by atoms with Crippen molar-refractivity contribution in [1.82, 2.24) is 10.6 Å². The highest BCUT2D eigenvalue weighted by Crippen LogP contribution is 2.16. The summed E-state index contributed by atoms with van der Waals surface area (Å²) in [5, 5.41) is 6.45. The van der Waals surface area contributed by atoms with Crippen LogP contribution in [0.1, 0.15) is 30.4 Å². The van der Waals surface area contributed by atoms with E-state index in [9.17, 15) is 13.2 Å². The lowest BCUT2D eigenvalue weighted by atomic mass is 10.1. The molecular weight excluding hydrogens is 514 g/mol. The Hall–Kier alpha value is -1.11. The van der Waals surface area contributed by atoms with E-state index in [2.05, 4.69) is 20.4 Å². The second-order valence-electron chi connectivity index (χ2n) is 6.81. The number of aliphatic imine (C=N–C) groups is 1. The van der Waals surface area contributed by atoms with Crippen LogP contribution in [0.2, 0.25) is 0 Å². The van der Waals surface area contributed by atoms with Crippen molar-refractivity contribution in [2.45, 2.75) is 44.7 Å². The molecule has 2 rings (SSSR count). The van der Waals surface area contributed by atoms with Gasteiger partial charge in [0, 0.05) is 40.0 Å². The Morgan fingerprint density at radius 3 is 2.43 bits per heavy atom. The monoisotopic (exact) mass is 545 g/mol. The number of hydrogen-bond donors (Lipinski definition) is 2. The zero-order chi connectivity index (χ0) is 21.0. The van der Waals surface area contributed by atoms with E-state index >= 15 is 0 Å². The van der Waals surface area contributed by atoms with E-state index in [0.29, 0.717) is 30.8 Å². The first-order valence-electron chi connectivity index (χ1n) is 9.82. The molecule has 1 saturated heterocycles. The van der Waals surface area contributed by atoms with Crippen molar-refractivity contribution < 1.29 is 27.4 Å². The van der Waals surface area contributed by atoms with Gasteiger partial charge in [-0.25, -0.2) is 0 Å². The molecule has 1 heterocycles. The van der Waals surface area contributed by atoms with E-state index in [0.717, 1.165) is 44.6 Å². The fraction of sp³-hybridized carbons (Fsp3) is 0.650. The third kappa shape index (κ3) is 11.9. The number of rotatable bonds is 10. The largest absolute Gasteiger partial charge is 0.411 e. The molecule has 0 radical (unpaired) electrons. The Morgan fingerprint density at radius 1 is 1.13 bits per heavy atom. The fourth-order valence-corrected chi connectivity index (χ4v) is 2.82. The summed E-state index contributed by atoms with van der Waals surface area (Å²) in [6.45, 7) is 2.26. The van der Waals surface area contributed by atoms with E-state index < -0.39 is 12.8 Å². The Kier molecular flexibility index (Phi) is 13.3. The third-order valence-corrected chi connectivity index (χ3v) is 4.38. The van der Waals surface area contributed by atoms with Crippen LogP contribution in [0.25, 0.3) is 0 Å². The highest BCUT2D eigenvalue weighted by Gasteiger charge is 2.27. The van der Waals surface area contributed by atoms with Gasteiger partial charge in [0.25, 0.3) is 0 Å². The predicted molar refractivity (Wildman–Crippen MR) is 120 cm³/mol. The van der Waals surface area contributed by atoms with Gasteiger partial charge in [-0.05, 0) is 30.4 Å². The second-order valence-corrected chi connectivity index (χ2v) is 6.81. The van der Waals surface area contributed by atoms with E-state index in [4.69, 9.17) is 9.47 Å². The topological polar surface area (TPSA) is 64.1 Å². The molecule has 1 aromatic carbocycles. The average Bonchev–Trinajstić information content (AvgIpc) is 2.71. The van der Waals surface area contributed by atoms with E-state index in [-0.39, 0.29) is 30.6 Å². The molecule has 0 amide bonds. The number of alkyl halides is 3. The molecule has 0 aliphatic carbocycles. The Balaban J connectivity index is 0.00000450. The molecular formula is C20H31F3IN3O3. The van der Waals surface area contributed by atoms with Crippen molar-refractivity contribution in [2.75, 3.05) is 40.0 Å². The first-order chi connectivity index (χ1) is 14.0. The Bertz CT molecular complexity index is 610. The quantitative estimate of drug-likeness (QED) is 0.204. The standard InChI is InChI=1S/C20H30F3N3O3.HI/c1-24-19(25-9-2-10-29-18-7-11-27-12-8-18)26-13-16-3-5-17(6-4-16)14-28-15-20(21,22)23;/h3-6,18H,2,7-15H2,1H3,(H2,24,25,26);1H. The van der Waals surface area contributed by atoms with Crippen molar-refractivity contribution in [1.29, 1.82) is 0 Å². The van der Waals surface area contributed by atoms with E-state index in [1.54, 1.807) is 19.2 Å². The van der Waals surface area contributed by atoms with Gasteiger partial charge in [-0.15, -0.1) is 24.0 Å². The lowest BCUT2D eigenvalue weighted by Gasteiger charge is -2.22. The number of benzene rings is 1. The summed E-state index contributed by atoms with van der Waals surface area (Å²) in [5.41, 5.74) is 1.69. The molecule has 6 nitrogen and oxygen atoms in total. The van der Waals surface area contributed by atoms with Gasteiger partial charge in [0.05, 0.1) is 12.7 Å². The predicted octanol–water partition coefficient (Wildman–Crippen LogP) is 3.63. The Morgan fingerprint density at radius 2 is 1.80 bits per heavy atom. The van der Waals surface area contributed by atoms with Crippen molar-refractivity contribution >= 4 is 29.9 Å². The van der Waals surface area contributed by atoms with Crippen LogP contribution < -0.4 is 10.6 Å². The molecule has 30 heavy (non-hydrogen) atoms. The summed E-state index contributed by atoms with van der Waals surface area (Å²) in [7, 11) is 1.70. The molecule has 10 heteroatoms. The zero-order valence-electron chi connectivity index (χ0n) is 17.2. The van der Waals surface area contributed by atoms with Crippen LogP contribution in [-0.4, -0.2) is 58.3 Å². The molecule has 172 valence electrons. The van der Waals surface area contributed by atoms with Crippen LogP contribution >= 0.6 is 24.0 Å². The molecule has 1 aliphatic rings. The van der Waals surface area contributed by atoms with Crippen LogP contribution in [0.4, 0.5) is 13.2 Å². The van der Waals surface area contributed by atoms with E-state index in [1.165, 1.54) is 0 Å². The van der Waals surface area contributed by atoms with Gasteiger partial charge in [-0.3, -0.25) is 4.99 Å². The normalized spacial score (nSPS) is 15.5. The van der Waals surface area contributed by atoms with Gasteiger partial charge in [-0.2, -0.15) is 13.2 Å². The molecule has 0 unspecified atom stereocenters. The molecule has 0 bridgehead atoms. The van der Waals surface area contributed by atoms with Gasteiger partial charge in [0.2, 0.25) is 0 Å². The maximum atomic E-state index is 12.1. The summed E-state index contributed by atoms with van der Waals surface area (Å²) in [6, 6.07) is 7.23. The van der Waals surface area contributed by atoms with Crippen molar-refractivity contribution in [3.63, 3.8) is 0 Å². The average molecular weight is 545 g/mol. The summed E-state index contributed by atoms with van der Waals surface area (Å²) >= 11 is 0. The smallest absolute Gasteiger partial charge is 0.381 e. The zero-order valence-corrected chi connectivity index (χ0v) is 19.5. The van der Waals surface area contributed by atoms with Crippen LogP contribution in [0.15, 0.2) is 29.3 Å². The Labute approximate surface area is 193 Å². The third-order valence-electron chi connectivity index (χ3n) is 4.38. The van der Waals surface area contributed by atoms with Crippen LogP contribution in [0.5, 0.6) is 0 Å². The summed E-state index contributed by atoms with van der Waals surface area (Å²) < 4.78 is 52.1. The maximum Gasteiger partial charge on any atom is 0.411 e. The van der Waals surface area contributed by atoms with Gasteiger partial charge in [-0.1, -0.05) is 24.3 Å². The summed E-state index contributed by atoms with van der Waals surface area (Å²) in [4.78, 5) is 4.18. The van der Waals surface area contributed by atoms with Gasteiger partial charge < -0.3 is 24.8 Å². The van der Waals surface area contributed by atoms with Crippen LogP contribution in [-0.2, 0) is 27.4 Å². The molecule has 2 N–H and O–H groups in total. The molecule has 0 atom stereocenters. The lowest BCUT2D eigenvalue weighted by Crippen LogP contribution is -2.37. The van der Waals surface area contributed by atoms with Gasteiger partial charge in [0.15, 0.2) is 5.96 Å². The fourth-order valence-electron chi connectivity index (χ4n) is 2.82. The van der Waals surface area contributed by atoms with Crippen LogP contribution in [0, 0.1) is 0 Å². The minimum atomic E-state index is -4.30. The lowest BCUT2D eigenvalue weighted by molar-refractivity contribution is -0.176. The number of nitrogens with zero attached hydrogens (tertiary/aromatic N) is 1. The second kappa shape index (κ2) is 14.8. The summed E-state index contributed by atoms with van der Waals surface area (Å²) in [6.07, 6.45) is -1.19. The number of halogens is 4. The van der Waals surface area contributed by atoms with Crippen molar-refractivity contribution in [2.24, 2.45) is 4.99 Å². The molecule has 1 aliphatic heterocycles. The molecule has 0 aromatic heterocycles. The minimum absolute atomic E-state index is 0. The highest BCUT2D eigenvalue weighted by atomic mass is 127.